The van der Waals surface area contributed by atoms with Crippen molar-refractivity contribution in [2.45, 2.75) is 6.92 Å². The van der Waals surface area contributed by atoms with Crippen LogP contribution in [0.15, 0.2) is 36.4 Å². The SMILES string of the molecule is Cc1ccc(-n2c(=S)[nH]c3ccc(Cl)cc32)c(F)c1. The van der Waals surface area contributed by atoms with E-state index in [4.69, 9.17) is 23.8 Å². The maximum atomic E-state index is 14.1. The summed E-state index contributed by atoms with van der Waals surface area (Å²) in [6.45, 7) is 1.85. The lowest BCUT2D eigenvalue weighted by Crippen LogP contribution is -1.98. The van der Waals surface area contributed by atoms with E-state index in [2.05, 4.69) is 4.98 Å². The molecule has 96 valence electrons. The Hall–Kier alpha value is -1.65. The predicted octanol–water partition coefficient (Wildman–Crippen LogP) is 4.79. The van der Waals surface area contributed by atoms with E-state index in [1.54, 1.807) is 22.8 Å². The fraction of sp³-hybridized carbons (Fsp3) is 0.0714. The van der Waals surface area contributed by atoms with Gasteiger partial charge in [-0.25, -0.2) is 4.39 Å². The summed E-state index contributed by atoms with van der Waals surface area (Å²) in [5, 5.41) is 0.586. The van der Waals surface area contributed by atoms with Crippen molar-refractivity contribution in [1.29, 1.82) is 0 Å². The highest BCUT2D eigenvalue weighted by molar-refractivity contribution is 7.71. The van der Waals surface area contributed by atoms with Crippen LogP contribution < -0.4 is 0 Å². The quantitative estimate of drug-likeness (QED) is 0.640. The Morgan fingerprint density at radius 2 is 2.00 bits per heavy atom. The summed E-state index contributed by atoms with van der Waals surface area (Å²) >= 11 is 11.3. The summed E-state index contributed by atoms with van der Waals surface area (Å²) in [7, 11) is 0. The van der Waals surface area contributed by atoms with Gasteiger partial charge >= 0.3 is 0 Å². The van der Waals surface area contributed by atoms with E-state index in [0.29, 0.717) is 15.5 Å². The minimum absolute atomic E-state index is 0.308. The second kappa shape index (κ2) is 4.47. The van der Waals surface area contributed by atoms with Gasteiger partial charge < -0.3 is 4.98 Å². The Morgan fingerprint density at radius 3 is 2.74 bits per heavy atom. The van der Waals surface area contributed by atoms with Gasteiger partial charge in [0.2, 0.25) is 0 Å². The van der Waals surface area contributed by atoms with Gasteiger partial charge in [0.05, 0.1) is 16.7 Å². The third-order valence-electron chi connectivity index (χ3n) is 2.99. The first-order chi connectivity index (χ1) is 9.06. The van der Waals surface area contributed by atoms with Crippen LogP contribution in [0.25, 0.3) is 16.7 Å². The molecule has 0 aliphatic heterocycles. The number of aromatic nitrogens is 2. The maximum Gasteiger partial charge on any atom is 0.182 e. The van der Waals surface area contributed by atoms with Crippen molar-refractivity contribution in [3.05, 3.63) is 57.6 Å². The molecule has 3 rings (SSSR count). The highest BCUT2D eigenvalue weighted by Gasteiger charge is 2.11. The van der Waals surface area contributed by atoms with Gasteiger partial charge in [-0.15, -0.1) is 0 Å². The van der Waals surface area contributed by atoms with E-state index in [0.717, 1.165) is 16.6 Å². The standard InChI is InChI=1S/C14H10ClFN2S/c1-8-2-5-12(10(16)6-8)18-13-7-9(15)3-4-11(13)17-14(18)19/h2-7H,1H3,(H,17,19). The van der Waals surface area contributed by atoms with Crippen molar-refractivity contribution >= 4 is 34.9 Å². The first-order valence-corrected chi connectivity index (χ1v) is 6.52. The Kier molecular flexibility index (Phi) is 2.92. The van der Waals surface area contributed by atoms with Crippen LogP contribution in [0.2, 0.25) is 5.02 Å². The van der Waals surface area contributed by atoms with Gasteiger partial charge in [-0.3, -0.25) is 4.57 Å². The Labute approximate surface area is 119 Å². The van der Waals surface area contributed by atoms with Crippen molar-refractivity contribution in [2.24, 2.45) is 0 Å². The van der Waals surface area contributed by atoms with Gasteiger partial charge in [-0.2, -0.15) is 0 Å². The monoisotopic (exact) mass is 292 g/mol. The van der Waals surface area contributed by atoms with Crippen molar-refractivity contribution in [3.8, 4) is 5.69 Å². The summed E-state index contributed by atoms with van der Waals surface area (Å²) in [5.74, 6) is -0.308. The minimum atomic E-state index is -0.308. The molecule has 2 nitrogen and oxygen atoms in total. The van der Waals surface area contributed by atoms with Crippen LogP contribution in [0.5, 0.6) is 0 Å². The lowest BCUT2D eigenvalue weighted by molar-refractivity contribution is 0.617. The van der Waals surface area contributed by atoms with Crippen LogP contribution in [0.3, 0.4) is 0 Å². The number of rotatable bonds is 1. The van der Waals surface area contributed by atoms with Gasteiger partial charge in [-0.1, -0.05) is 17.7 Å². The van der Waals surface area contributed by atoms with Crippen molar-refractivity contribution in [1.82, 2.24) is 9.55 Å². The van der Waals surface area contributed by atoms with Crippen LogP contribution >= 0.6 is 23.8 Å². The minimum Gasteiger partial charge on any atom is -0.330 e. The average Bonchev–Trinajstić information content (AvgIpc) is 2.65. The van der Waals surface area contributed by atoms with Crippen LogP contribution in [0.1, 0.15) is 5.56 Å². The van der Waals surface area contributed by atoms with Gasteiger partial charge in [0.15, 0.2) is 4.77 Å². The van der Waals surface area contributed by atoms with Crippen molar-refractivity contribution in [3.63, 3.8) is 0 Å². The molecule has 0 bridgehead atoms. The number of fused-ring (bicyclic) bond motifs is 1. The molecule has 0 aliphatic rings. The molecule has 0 fully saturated rings. The van der Waals surface area contributed by atoms with E-state index < -0.39 is 0 Å². The summed E-state index contributed by atoms with van der Waals surface area (Å²) in [6, 6.07) is 10.4. The van der Waals surface area contributed by atoms with Crippen molar-refractivity contribution in [2.75, 3.05) is 0 Å². The molecule has 0 spiro atoms. The van der Waals surface area contributed by atoms with Gasteiger partial charge in [0.25, 0.3) is 0 Å². The van der Waals surface area contributed by atoms with E-state index in [9.17, 15) is 4.39 Å². The maximum absolute atomic E-state index is 14.1. The molecule has 1 aromatic heterocycles. The zero-order valence-electron chi connectivity index (χ0n) is 10.1. The van der Waals surface area contributed by atoms with Crippen LogP contribution in [0.4, 0.5) is 4.39 Å². The number of imidazole rings is 1. The van der Waals surface area contributed by atoms with E-state index >= 15 is 0 Å². The molecule has 0 saturated heterocycles. The zero-order valence-corrected chi connectivity index (χ0v) is 11.6. The number of nitrogens with zero attached hydrogens (tertiary/aromatic N) is 1. The Balaban J connectivity index is 2.38. The van der Waals surface area contributed by atoms with Gasteiger partial charge in [0.1, 0.15) is 5.82 Å². The lowest BCUT2D eigenvalue weighted by atomic mass is 10.2. The van der Waals surface area contributed by atoms with Crippen LogP contribution in [-0.2, 0) is 0 Å². The number of benzene rings is 2. The summed E-state index contributed by atoms with van der Waals surface area (Å²) in [4.78, 5) is 3.05. The molecule has 3 aromatic rings. The third-order valence-corrected chi connectivity index (χ3v) is 3.51. The number of nitrogens with one attached hydrogen (secondary N) is 1. The van der Waals surface area contributed by atoms with Gasteiger partial charge in [0, 0.05) is 5.02 Å². The van der Waals surface area contributed by atoms with Crippen LogP contribution in [-0.4, -0.2) is 9.55 Å². The average molecular weight is 293 g/mol. The molecule has 0 atom stereocenters. The highest BCUT2D eigenvalue weighted by atomic mass is 35.5. The predicted molar refractivity (Wildman–Crippen MR) is 78.2 cm³/mol. The molecule has 1 heterocycles. The molecule has 0 saturated carbocycles. The normalized spacial score (nSPS) is 11.1. The molecule has 0 amide bonds. The molecule has 2 aromatic carbocycles. The van der Waals surface area contributed by atoms with Gasteiger partial charge in [-0.05, 0) is 55.0 Å². The van der Waals surface area contributed by atoms with E-state index in [1.165, 1.54) is 6.07 Å². The molecule has 0 unspecified atom stereocenters. The first-order valence-electron chi connectivity index (χ1n) is 5.73. The van der Waals surface area contributed by atoms with Crippen LogP contribution in [0, 0.1) is 17.5 Å². The number of H-pyrrole nitrogens is 1. The summed E-state index contributed by atoms with van der Waals surface area (Å²) in [5.41, 5.74) is 2.88. The molecular weight excluding hydrogens is 283 g/mol. The number of halogens is 2. The molecule has 5 heteroatoms. The summed E-state index contributed by atoms with van der Waals surface area (Å²) in [6.07, 6.45) is 0. The first kappa shape index (κ1) is 12.4. The Morgan fingerprint density at radius 1 is 1.21 bits per heavy atom. The number of aryl methyl sites for hydroxylation is 1. The lowest BCUT2D eigenvalue weighted by Gasteiger charge is -2.07. The van der Waals surface area contributed by atoms with Crippen molar-refractivity contribution < 1.29 is 4.39 Å². The molecule has 1 N–H and O–H groups in total. The molecule has 0 radical (unpaired) electrons. The number of hydrogen-bond acceptors (Lipinski definition) is 1. The van der Waals surface area contributed by atoms with E-state index in [1.807, 2.05) is 19.1 Å². The third kappa shape index (κ3) is 2.07. The van der Waals surface area contributed by atoms with E-state index in [-0.39, 0.29) is 5.82 Å². The fourth-order valence-electron chi connectivity index (χ4n) is 2.11. The molecule has 0 aliphatic carbocycles. The molecular formula is C14H10ClFN2S. The summed E-state index contributed by atoms with van der Waals surface area (Å²) < 4.78 is 16.2. The second-order valence-electron chi connectivity index (χ2n) is 4.38. The Bertz CT molecular complexity index is 835. The largest absolute Gasteiger partial charge is 0.330 e. The number of aromatic amines is 1. The number of hydrogen-bond donors (Lipinski definition) is 1. The highest BCUT2D eigenvalue weighted by Crippen LogP contribution is 2.24. The fourth-order valence-corrected chi connectivity index (χ4v) is 2.58. The molecule has 19 heavy (non-hydrogen) atoms. The second-order valence-corrected chi connectivity index (χ2v) is 5.21. The topological polar surface area (TPSA) is 20.7 Å². The smallest absolute Gasteiger partial charge is 0.182 e. The zero-order chi connectivity index (χ0) is 13.6.